The van der Waals surface area contributed by atoms with Gasteiger partial charge in [-0.05, 0) is 24.3 Å². The third-order valence-electron chi connectivity index (χ3n) is 2.48. The summed E-state index contributed by atoms with van der Waals surface area (Å²) in [6, 6.07) is 12.9. The lowest BCUT2D eigenvalue weighted by Gasteiger charge is -2.09. The standard InChI is InChI=1S/C14H14N4O/c15-9-11-5-6-14(18-10-11)17-7-8-19-13-4-2-1-3-12(13)16/h1-6,10H,7-8,16H2,(H,17,18). The summed E-state index contributed by atoms with van der Waals surface area (Å²) < 4.78 is 5.54. The lowest BCUT2D eigenvalue weighted by molar-refractivity contribution is 0.334. The number of nitrogen functional groups attached to an aromatic ring is 1. The van der Waals surface area contributed by atoms with E-state index in [2.05, 4.69) is 10.3 Å². The number of ether oxygens (including phenoxy) is 1. The van der Waals surface area contributed by atoms with E-state index in [0.29, 0.717) is 36.0 Å². The van der Waals surface area contributed by atoms with Gasteiger partial charge in [-0.15, -0.1) is 0 Å². The molecule has 19 heavy (non-hydrogen) atoms. The number of nitriles is 1. The predicted molar refractivity (Wildman–Crippen MR) is 73.8 cm³/mol. The van der Waals surface area contributed by atoms with Crippen LogP contribution in [0.25, 0.3) is 0 Å². The highest BCUT2D eigenvalue weighted by molar-refractivity contribution is 5.51. The highest BCUT2D eigenvalue weighted by atomic mass is 16.5. The first kappa shape index (κ1) is 12.7. The minimum absolute atomic E-state index is 0.482. The van der Waals surface area contributed by atoms with E-state index in [1.807, 2.05) is 24.3 Å². The van der Waals surface area contributed by atoms with Crippen LogP contribution < -0.4 is 15.8 Å². The summed E-state index contributed by atoms with van der Waals surface area (Å²) in [6.45, 7) is 1.09. The van der Waals surface area contributed by atoms with Gasteiger partial charge in [0, 0.05) is 6.20 Å². The van der Waals surface area contributed by atoms with Crippen LogP contribution in [0.1, 0.15) is 5.56 Å². The van der Waals surface area contributed by atoms with E-state index < -0.39 is 0 Å². The topological polar surface area (TPSA) is 84.0 Å². The minimum atomic E-state index is 0.482. The average molecular weight is 254 g/mol. The molecule has 0 amide bonds. The Labute approximate surface area is 111 Å². The Morgan fingerprint density at radius 2 is 2.11 bits per heavy atom. The summed E-state index contributed by atoms with van der Waals surface area (Å²) in [7, 11) is 0. The fourth-order valence-corrected chi connectivity index (χ4v) is 1.52. The lowest BCUT2D eigenvalue weighted by atomic mass is 10.3. The molecule has 0 unspecified atom stereocenters. The molecule has 3 N–H and O–H groups in total. The van der Waals surface area contributed by atoms with Crippen molar-refractivity contribution < 1.29 is 4.74 Å². The lowest BCUT2D eigenvalue weighted by Crippen LogP contribution is -2.12. The molecule has 5 heteroatoms. The Hall–Kier alpha value is -2.74. The van der Waals surface area contributed by atoms with Gasteiger partial charge >= 0.3 is 0 Å². The Kier molecular flexibility index (Phi) is 4.19. The van der Waals surface area contributed by atoms with Gasteiger partial charge in [0.25, 0.3) is 0 Å². The molecule has 0 saturated carbocycles. The molecule has 2 aromatic rings. The van der Waals surface area contributed by atoms with Crippen LogP contribution in [0.4, 0.5) is 11.5 Å². The molecular weight excluding hydrogens is 240 g/mol. The van der Waals surface area contributed by atoms with E-state index in [1.54, 1.807) is 18.2 Å². The number of pyridine rings is 1. The largest absolute Gasteiger partial charge is 0.490 e. The first-order chi connectivity index (χ1) is 9.29. The summed E-state index contributed by atoms with van der Waals surface area (Å²) in [5, 5.41) is 11.8. The van der Waals surface area contributed by atoms with Crippen LogP contribution in [0, 0.1) is 11.3 Å². The zero-order valence-electron chi connectivity index (χ0n) is 10.3. The van der Waals surface area contributed by atoms with Gasteiger partial charge in [-0.25, -0.2) is 4.98 Å². The Morgan fingerprint density at radius 3 is 2.79 bits per heavy atom. The number of hydrogen-bond acceptors (Lipinski definition) is 5. The zero-order valence-corrected chi connectivity index (χ0v) is 10.3. The molecule has 0 saturated heterocycles. The van der Waals surface area contributed by atoms with Crippen molar-refractivity contribution >= 4 is 11.5 Å². The van der Waals surface area contributed by atoms with Crippen molar-refractivity contribution in [3.63, 3.8) is 0 Å². The van der Waals surface area contributed by atoms with Gasteiger partial charge in [-0.1, -0.05) is 12.1 Å². The van der Waals surface area contributed by atoms with Crippen LogP contribution in [-0.2, 0) is 0 Å². The quantitative estimate of drug-likeness (QED) is 0.630. The molecule has 2 rings (SSSR count). The highest BCUT2D eigenvalue weighted by Gasteiger charge is 1.98. The fourth-order valence-electron chi connectivity index (χ4n) is 1.52. The summed E-state index contributed by atoms with van der Waals surface area (Å²) >= 11 is 0. The van der Waals surface area contributed by atoms with Crippen LogP contribution in [-0.4, -0.2) is 18.1 Å². The van der Waals surface area contributed by atoms with Crippen molar-refractivity contribution in [1.82, 2.24) is 4.98 Å². The highest BCUT2D eigenvalue weighted by Crippen LogP contribution is 2.19. The van der Waals surface area contributed by atoms with Crippen LogP contribution >= 0.6 is 0 Å². The van der Waals surface area contributed by atoms with Crippen LogP contribution in [0.5, 0.6) is 5.75 Å². The monoisotopic (exact) mass is 254 g/mol. The normalized spacial score (nSPS) is 9.63. The number of nitrogens with zero attached hydrogens (tertiary/aromatic N) is 2. The maximum Gasteiger partial charge on any atom is 0.142 e. The van der Waals surface area contributed by atoms with Crippen molar-refractivity contribution in [2.75, 3.05) is 24.2 Å². The van der Waals surface area contributed by atoms with E-state index in [0.717, 1.165) is 0 Å². The van der Waals surface area contributed by atoms with Crippen LogP contribution in [0.3, 0.4) is 0 Å². The second-order valence-corrected chi connectivity index (χ2v) is 3.86. The summed E-state index contributed by atoms with van der Waals surface area (Å²) in [5.41, 5.74) is 6.92. The number of aromatic nitrogens is 1. The van der Waals surface area contributed by atoms with Gasteiger partial charge in [0.1, 0.15) is 24.2 Å². The van der Waals surface area contributed by atoms with E-state index in [4.69, 9.17) is 15.7 Å². The van der Waals surface area contributed by atoms with Gasteiger partial charge in [-0.2, -0.15) is 5.26 Å². The minimum Gasteiger partial charge on any atom is -0.490 e. The van der Waals surface area contributed by atoms with E-state index in [9.17, 15) is 0 Å². The summed E-state index contributed by atoms with van der Waals surface area (Å²) in [5.74, 6) is 1.39. The van der Waals surface area contributed by atoms with Gasteiger partial charge < -0.3 is 15.8 Å². The predicted octanol–water partition coefficient (Wildman–Crippen LogP) is 2.03. The molecule has 5 nitrogen and oxygen atoms in total. The molecule has 0 atom stereocenters. The molecule has 0 radical (unpaired) electrons. The molecular formula is C14H14N4O. The summed E-state index contributed by atoms with van der Waals surface area (Å²) in [6.07, 6.45) is 1.53. The smallest absolute Gasteiger partial charge is 0.142 e. The second-order valence-electron chi connectivity index (χ2n) is 3.86. The van der Waals surface area contributed by atoms with Crippen LogP contribution in [0.15, 0.2) is 42.6 Å². The molecule has 0 bridgehead atoms. The number of hydrogen-bond donors (Lipinski definition) is 2. The Balaban J connectivity index is 1.78. The molecule has 1 heterocycles. The third-order valence-corrected chi connectivity index (χ3v) is 2.48. The Bertz CT molecular complexity index is 575. The van der Waals surface area contributed by atoms with Crippen molar-refractivity contribution in [3.05, 3.63) is 48.2 Å². The number of nitrogens with two attached hydrogens (primary N) is 1. The number of rotatable bonds is 5. The van der Waals surface area contributed by atoms with Gasteiger partial charge in [0.15, 0.2) is 0 Å². The number of nitrogens with one attached hydrogen (secondary N) is 1. The molecule has 0 spiro atoms. The molecule has 96 valence electrons. The third kappa shape index (κ3) is 3.61. The summed E-state index contributed by atoms with van der Waals surface area (Å²) in [4.78, 5) is 4.10. The SMILES string of the molecule is N#Cc1ccc(NCCOc2ccccc2N)nc1. The maximum absolute atomic E-state index is 8.65. The molecule has 1 aromatic heterocycles. The number of para-hydroxylation sites is 2. The van der Waals surface area contributed by atoms with Crippen LogP contribution in [0.2, 0.25) is 0 Å². The van der Waals surface area contributed by atoms with Gasteiger partial charge in [0.2, 0.25) is 0 Å². The van der Waals surface area contributed by atoms with Crippen molar-refractivity contribution in [2.45, 2.75) is 0 Å². The van der Waals surface area contributed by atoms with Crippen molar-refractivity contribution in [1.29, 1.82) is 5.26 Å². The van der Waals surface area contributed by atoms with Crippen molar-refractivity contribution in [2.24, 2.45) is 0 Å². The van der Waals surface area contributed by atoms with E-state index in [1.165, 1.54) is 6.20 Å². The molecule has 0 aliphatic carbocycles. The Morgan fingerprint density at radius 1 is 1.26 bits per heavy atom. The van der Waals surface area contributed by atoms with E-state index in [-0.39, 0.29) is 0 Å². The average Bonchev–Trinajstić information content (AvgIpc) is 2.46. The van der Waals surface area contributed by atoms with E-state index >= 15 is 0 Å². The molecule has 0 aliphatic heterocycles. The fraction of sp³-hybridized carbons (Fsp3) is 0.143. The maximum atomic E-state index is 8.65. The number of benzene rings is 1. The number of anilines is 2. The van der Waals surface area contributed by atoms with Crippen molar-refractivity contribution in [3.8, 4) is 11.8 Å². The first-order valence-corrected chi connectivity index (χ1v) is 5.87. The molecule has 0 fully saturated rings. The van der Waals surface area contributed by atoms with Gasteiger partial charge in [-0.3, -0.25) is 0 Å². The second kappa shape index (κ2) is 6.26. The van der Waals surface area contributed by atoms with Gasteiger partial charge in [0.05, 0.1) is 17.8 Å². The molecule has 0 aliphatic rings. The zero-order chi connectivity index (χ0) is 13.5. The first-order valence-electron chi connectivity index (χ1n) is 5.87. The molecule has 1 aromatic carbocycles.